The molecule has 0 saturated carbocycles. The first-order chi connectivity index (χ1) is 7.71. The zero-order chi connectivity index (χ0) is 12.0. The highest BCUT2D eigenvalue weighted by atomic mass is 15.2. The summed E-state index contributed by atoms with van der Waals surface area (Å²) in [5, 5.41) is 3.01. The molecule has 4 nitrogen and oxygen atoms in total. The fourth-order valence-corrected chi connectivity index (χ4v) is 1.52. The van der Waals surface area contributed by atoms with Gasteiger partial charge in [0, 0.05) is 20.1 Å². The zero-order valence-corrected chi connectivity index (χ0v) is 10.7. The molecular weight excluding hydrogens is 200 g/mol. The molecule has 1 unspecified atom stereocenters. The Morgan fingerprint density at radius 3 is 2.69 bits per heavy atom. The van der Waals surface area contributed by atoms with Crippen LogP contribution in [-0.2, 0) is 0 Å². The van der Waals surface area contributed by atoms with Crippen molar-refractivity contribution in [2.45, 2.75) is 27.2 Å². The van der Waals surface area contributed by atoms with E-state index in [1.165, 1.54) is 6.42 Å². The summed E-state index contributed by atoms with van der Waals surface area (Å²) in [6.45, 7) is 8.63. The van der Waals surface area contributed by atoms with E-state index in [0.717, 1.165) is 24.7 Å². The zero-order valence-electron chi connectivity index (χ0n) is 10.7. The molecule has 16 heavy (non-hydrogen) atoms. The van der Waals surface area contributed by atoms with Gasteiger partial charge in [0.15, 0.2) is 0 Å². The molecule has 0 amide bonds. The lowest BCUT2D eigenvalue weighted by Gasteiger charge is -2.24. The predicted octanol–water partition coefficient (Wildman–Crippen LogP) is 2.39. The molecule has 0 saturated heterocycles. The van der Waals surface area contributed by atoms with E-state index in [4.69, 9.17) is 0 Å². The molecule has 0 radical (unpaired) electrons. The Morgan fingerprint density at radius 1 is 1.38 bits per heavy atom. The topological polar surface area (TPSA) is 41.1 Å². The number of hydrogen-bond acceptors (Lipinski definition) is 4. The van der Waals surface area contributed by atoms with Gasteiger partial charge in [0.2, 0.25) is 0 Å². The summed E-state index contributed by atoms with van der Waals surface area (Å²) < 4.78 is 0. The van der Waals surface area contributed by atoms with Gasteiger partial charge < -0.3 is 10.2 Å². The van der Waals surface area contributed by atoms with E-state index in [1.54, 1.807) is 6.20 Å². The second-order valence-electron chi connectivity index (χ2n) is 4.06. The minimum absolute atomic E-state index is 0.681. The van der Waals surface area contributed by atoms with Crippen molar-refractivity contribution >= 4 is 11.6 Å². The standard InChI is InChI=1S/C12H22N4/c1-5-10(3)9-16(6-2)12-8-14-7-11(13-4)15-12/h7-8,10H,5-6,9H2,1-4H3,(H,13,15). The highest BCUT2D eigenvalue weighted by Crippen LogP contribution is 2.14. The van der Waals surface area contributed by atoms with E-state index in [0.29, 0.717) is 5.92 Å². The Morgan fingerprint density at radius 2 is 2.12 bits per heavy atom. The normalized spacial score (nSPS) is 12.2. The Kier molecular flexibility index (Phi) is 5.02. The molecule has 0 fully saturated rings. The maximum Gasteiger partial charge on any atom is 0.149 e. The molecule has 0 aliphatic heterocycles. The van der Waals surface area contributed by atoms with Crippen LogP contribution in [0.3, 0.4) is 0 Å². The fourth-order valence-electron chi connectivity index (χ4n) is 1.52. The molecule has 1 atom stereocenters. The molecule has 1 rings (SSSR count). The van der Waals surface area contributed by atoms with Gasteiger partial charge in [0.25, 0.3) is 0 Å². The lowest BCUT2D eigenvalue weighted by Crippen LogP contribution is -2.29. The smallest absolute Gasteiger partial charge is 0.149 e. The first-order valence-corrected chi connectivity index (χ1v) is 5.96. The minimum atomic E-state index is 0.681. The van der Waals surface area contributed by atoms with Crippen molar-refractivity contribution in [2.75, 3.05) is 30.4 Å². The fraction of sp³-hybridized carbons (Fsp3) is 0.667. The molecule has 4 heteroatoms. The molecule has 90 valence electrons. The van der Waals surface area contributed by atoms with Crippen molar-refractivity contribution in [3.63, 3.8) is 0 Å². The Balaban J connectivity index is 2.77. The van der Waals surface area contributed by atoms with Crippen molar-refractivity contribution < 1.29 is 0 Å². The molecular formula is C12H22N4. The number of hydrogen-bond donors (Lipinski definition) is 1. The van der Waals surface area contributed by atoms with Gasteiger partial charge in [-0.1, -0.05) is 20.3 Å². The van der Waals surface area contributed by atoms with Crippen LogP contribution < -0.4 is 10.2 Å². The molecule has 0 aromatic carbocycles. The summed E-state index contributed by atoms with van der Waals surface area (Å²) in [6, 6.07) is 0. The van der Waals surface area contributed by atoms with Crippen LogP contribution >= 0.6 is 0 Å². The summed E-state index contributed by atoms with van der Waals surface area (Å²) in [4.78, 5) is 11.0. The Bertz CT molecular complexity index is 314. The molecule has 1 N–H and O–H groups in total. The Labute approximate surface area is 98.1 Å². The van der Waals surface area contributed by atoms with Gasteiger partial charge in [0.05, 0.1) is 12.4 Å². The second kappa shape index (κ2) is 6.30. The van der Waals surface area contributed by atoms with Crippen molar-refractivity contribution in [1.29, 1.82) is 0 Å². The lowest BCUT2D eigenvalue weighted by molar-refractivity contribution is 0.545. The second-order valence-corrected chi connectivity index (χ2v) is 4.06. The average Bonchev–Trinajstić information content (AvgIpc) is 2.35. The quantitative estimate of drug-likeness (QED) is 0.802. The highest BCUT2D eigenvalue weighted by molar-refractivity contribution is 5.43. The number of nitrogens with zero attached hydrogens (tertiary/aromatic N) is 3. The monoisotopic (exact) mass is 222 g/mol. The molecule has 0 bridgehead atoms. The van der Waals surface area contributed by atoms with Crippen LogP contribution in [0.4, 0.5) is 11.6 Å². The number of rotatable bonds is 6. The van der Waals surface area contributed by atoms with E-state index in [9.17, 15) is 0 Å². The van der Waals surface area contributed by atoms with Crippen LogP contribution in [0.25, 0.3) is 0 Å². The van der Waals surface area contributed by atoms with Crippen molar-refractivity contribution in [3.05, 3.63) is 12.4 Å². The molecule has 1 heterocycles. The Hall–Kier alpha value is -1.32. The summed E-state index contributed by atoms with van der Waals surface area (Å²) in [5.41, 5.74) is 0. The van der Waals surface area contributed by atoms with Crippen LogP contribution in [-0.4, -0.2) is 30.1 Å². The highest BCUT2D eigenvalue weighted by Gasteiger charge is 2.10. The third-order valence-corrected chi connectivity index (χ3v) is 2.81. The SMILES string of the molecule is CCC(C)CN(CC)c1cncc(NC)n1. The van der Waals surface area contributed by atoms with Gasteiger partial charge in [-0.05, 0) is 12.8 Å². The van der Waals surface area contributed by atoms with E-state index in [1.807, 2.05) is 13.2 Å². The average molecular weight is 222 g/mol. The molecule has 0 aliphatic rings. The maximum absolute atomic E-state index is 4.50. The van der Waals surface area contributed by atoms with Gasteiger partial charge in [-0.15, -0.1) is 0 Å². The minimum Gasteiger partial charge on any atom is -0.372 e. The van der Waals surface area contributed by atoms with Gasteiger partial charge in [0.1, 0.15) is 11.6 Å². The van der Waals surface area contributed by atoms with Crippen LogP contribution in [0.2, 0.25) is 0 Å². The third kappa shape index (κ3) is 3.36. The van der Waals surface area contributed by atoms with Gasteiger partial charge in [-0.2, -0.15) is 0 Å². The van der Waals surface area contributed by atoms with Crippen LogP contribution in [0.5, 0.6) is 0 Å². The molecule has 0 aliphatic carbocycles. The van der Waals surface area contributed by atoms with E-state index in [-0.39, 0.29) is 0 Å². The summed E-state index contributed by atoms with van der Waals surface area (Å²) in [6.07, 6.45) is 4.75. The van der Waals surface area contributed by atoms with Gasteiger partial charge >= 0.3 is 0 Å². The largest absolute Gasteiger partial charge is 0.372 e. The number of nitrogens with one attached hydrogen (secondary N) is 1. The first kappa shape index (κ1) is 12.7. The molecule has 1 aromatic rings. The van der Waals surface area contributed by atoms with Crippen LogP contribution in [0.15, 0.2) is 12.4 Å². The van der Waals surface area contributed by atoms with Gasteiger partial charge in [-0.25, -0.2) is 4.98 Å². The van der Waals surface area contributed by atoms with Gasteiger partial charge in [-0.3, -0.25) is 4.98 Å². The summed E-state index contributed by atoms with van der Waals surface area (Å²) >= 11 is 0. The van der Waals surface area contributed by atoms with Crippen molar-refractivity contribution in [3.8, 4) is 0 Å². The number of anilines is 2. The lowest BCUT2D eigenvalue weighted by atomic mass is 10.1. The first-order valence-electron chi connectivity index (χ1n) is 5.96. The van der Waals surface area contributed by atoms with Crippen LogP contribution in [0, 0.1) is 5.92 Å². The van der Waals surface area contributed by atoms with E-state index in [2.05, 4.69) is 41.0 Å². The maximum atomic E-state index is 4.50. The van der Waals surface area contributed by atoms with E-state index < -0.39 is 0 Å². The van der Waals surface area contributed by atoms with Crippen LogP contribution in [0.1, 0.15) is 27.2 Å². The summed E-state index contributed by atoms with van der Waals surface area (Å²) in [5.74, 6) is 2.45. The van der Waals surface area contributed by atoms with Crippen molar-refractivity contribution in [1.82, 2.24) is 9.97 Å². The molecule has 1 aromatic heterocycles. The summed E-state index contributed by atoms with van der Waals surface area (Å²) in [7, 11) is 1.86. The number of aromatic nitrogens is 2. The van der Waals surface area contributed by atoms with E-state index >= 15 is 0 Å². The predicted molar refractivity (Wildman–Crippen MR) is 68.9 cm³/mol. The van der Waals surface area contributed by atoms with Crippen molar-refractivity contribution in [2.24, 2.45) is 5.92 Å². The molecule has 0 spiro atoms. The third-order valence-electron chi connectivity index (χ3n) is 2.81.